The first-order chi connectivity index (χ1) is 7.04. The second kappa shape index (κ2) is 5.04. The molecule has 0 fully saturated rings. The fourth-order valence-corrected chi connectivity index (χ4v) is 1.57. The van der Waals surface area contributed by atoms with Crippen molar-refractivity contribution in [2.45, 2.75) is 24.9 Å². The fourth-order valence-electron chi connectivity index (χ4n) is 0.877. The summed E-state index contributed by atoms with van der Waals surface area (Å²) in [6.07, 6.45) is 0.962. The van der Waals surface area contributed by atoms with Crippen LogP contribution >= 0.6 is 0 Å². The average Bonchev–Trinajstić information content (AvgIpc) is 2.66. The summed E-state index contributed by atoms with van der Waals surface area (Å²) in [7, 11) is 1.21. The number of hydrogen-bond donors (Lipinski definition) is 1. The largest absolute Gasteiger partial charge is 0.586 e. The lowest BCUT2D eigenvalue weighted by molar-refractivity contribution is 0.177. The molecule has 84 valence electrons. The SMILES string of the molecule is COC(=O)N[S+]([O-])c1ccn(C(C)C)n1. The van der Waals surface area contributed by atoms with Gasteiger partial charge in [0.05, 0.1) is 7.11 Å². The van der Waals surface area contributed by atoms with E-state index in [1.807, 2.05) is 13.8 Å². The van der Waals surface area contributed by atoms with E-state index in [1.54, 1.807) is 16.9 Å². The van der Waals surface area contributed by atoms with Gasteiger partial charge in [0, 0.05) is 18.3 Å². The van der Waals surface area contributed by atoms with Crippen LogP contribution in [0.3, 0.4) is 0 Å². The summed E-state index contributed by atoms with van der Waals surface area (Å²) in [6.45, 7) is 3.90. The van der Waals surface area contributed by atoms with Gasteiger partial charge >= 0.3 is 6.09 Å². The minimum absolute atomic E-state index is 0.189. The second-order valence-electron chi connectivity index (χ2n) is 3.09. The van der Waals surface area contributed by atoms with Gasteiger partial charge in [0.2, 0.25) is 0 Å². The molecule has 0 saturated carbocycles. The molecule has 1 N–H and O–H groups in total. The summed E-state index contributed by atoms with van der Waals surface area (Å²) in [4.78, 5) is 10.8. The lowest BCUT2D eigenvalue weighted by atomic mass is 10.4. The normalized spacial score (nSPS) is 12.6. The van der Waals surface area contributed by atoms with E-state index in [2.05, 4.69) is 14.6 Å². The van der Waals surface area contributed by atoms with Gasteiger partial charge < -0.3 is 9.29 Å². The molecule has 0 radical (unpaired) electrons. The fraction of sp³-hybridized carbons (Fsp3) is 0.500. The third-order valence-corrected chi connectivity index (χ3v) is 2.61. The van der Waals surface area contributed by atoms with E-state index in [4.69, 9.17) is 0 Å². The van der Waals surface area contributed by atoms with Gasteiger partial charge in [-0.15, -0.1) is 9.82 Å². The Kier molecular flexibility index (Phi) is 3.98. The highest BCUT2D eigenvalue weighted by atomic mass is 32.2. The zero-order valence-electron chi connectivity index (χ0n) is 8.76. The summed E-state index contributed by atoms with van der Waals surface area (Å²) < 4.78 is 19.6. The van der Waals surface area contributed by atoms with Crippen LogP contribution in [0.4, 0.5) is 4.79 Å². The Morgan fingerprint density at radius 1 is 1.73 bits per heavy atom. The van der Waals surface area contributed by atoms with E-state index >= 15 is 0 Å². The Morgan fingerprint density at radius 2 is 2.40 bits per heavy atom. The van der Waals surface area contributed by atoms with Crippen LogP contribution in [0.15, 0.2) is 17.3 Å². The van der Waals surface area contributed by atoms with Gasteiger partial charge in [-0.05, 0) is 13.8 Å². The number of carbonyl (C=O) groups excluding carboxylic acids is 1. The van der Waals surface area contributed by atoms with E-state index in [9.17, 15) is 9.35 Å². The van der Waals surface area contributed by atoms with Crippen molar-refractivity contribution in [1.29, 1.82) is 0 Å². The minimum atomic E-state index is -1.67. The number of nitrogens with zero attached hydrogens (tertiary/aromatic N) is 2. The van der Waals surface area contributed by atoms with Crippen LogP contribution in [0.5, 0.6) is 0 Å². The van der Waals surface area contributed by atoms with Crippen molar-refractivity contribution < 1.29 is 14.1 Å². The molecular weight excluding hydrogens is 218 g/mol. The third kappa shape index (κ3) is 3.14. The third-order valence-electron chi connectivity index (χ3n) is 1.66. The Labute approximate surface area is 90.9 Å². The number of amides is 1. The maximum absolute atomic E-state index is 11.5. The number of ether oxygens (including phenoxy) is 1. The first kappa shape index (κ1) is 11.9. The predicted octanol–water partition coefficient (Wildman–Crippen LogP) is 0.843. The molecule has 15 heavy (non-hydrogen) atoms. The molecule has 6 nitrogen and oxygen atoms in total. The zero-order valence-corrected chi connectivity index (χ0v) is 9.58. The smallest absolute Gasteiger partial charge is 0.449 e. The highest BCUT2D eigenvalue weighted by Gasteiger charge is 2.19. The molecule has 0 aliphatic rings. The quantitative estimate of drug-likeness (QED) is 0.782. The Hall–Kier alpha value is -1.21. The lowest BCUT2D eigenvalue weighted by Gasteiger charge is -2.06. The first-order valence-electron chi connectivity index (χ1n) is 4.36. The van der Waals surface area contributed by atoms with Crippen molar-refractivity contribution in [3.63, 3.8) is 0 Å². The number of aromatic nitrogens is 2. The van der Waals surface area contributed by atoms with Crippen molar-refractivity contribution in [3.8, 4) is 0 Å². The van der Waals surface area contributed by atoms with Crippen LogP contribution in [0.2, 0.25) is 0 Å². The van der Waals surface area contributed by atoms with Gasteiger partial charge in [0.25, 0.3) is 5.03 Å². The molecule has 7 heteroatoms. The molecule has 1 amide bonds. The summed E-state index contributed by atoms with van der Waals surface area (Å²) in [6, 6.07) is 1.78. The standard InChI is InChI=1S/C8H13N3O3S/c1-6(2)11-5-4-7(9-11)15(13)10-8(12)14-3/h4-6H,1-3H3,(H,10,12). The second-order valence-corrected chi connectivity index (χ2v) is 4.25. The Balaban J connectivity index is 2.65. The lowest BCUT2D eigenvalue weighted by Crippen LogP contribution is -2.30. The molecule has 1 unspecified atom stereocenters. The van der Waals surface area contributed by atoms with E-state index in [0.717, 1.165) is 0 Å². The van der Waals surface area contributed by atoms with Crippen molar-refractivity contribution >= 4 is 17.5 Å². The summed E-state index contributed by atoms with van der Waals surface area (Å²) in [5.74, 6) is 0. The molecule has 0 aromatic carbocycles. The molecular formula is C8H13N3O3S. The summed E-state index contributed by atoms with van der Waals surface area (Å²) in [5, 5.41) is 4.34. The first-order valence-corrected chi connectivity index (χ1v) is 5.51. The van der Waals surface area contributed by atoms with Crippen molar-refractivity contribution in [1.82, 2.24) is 14.5 Å². The monoisotopic (exact) mass is 231 g/mol. The molecule has 0 aliphatic carbocycles. The number of hydrogen-bond acceptors (Lipinski definition) is 4. The van der Waals surface area contributed by atoms with E-state index in [0.29, 0.717) is 5.03 Å². The molecule has 0 saturated heterocycles. The maximum atomic E-state index is 11.5. The molecule has 0 bridgehead atoms. The topological polar surface area (TPSA) is 79.2 Å². The van der Waals surface area contributed by atoms with Crippen molar-refractivity contribution in [3.05, 3.63) is 12.3 Å². The van der Waals surface area contributed by atoms with Crippen LogP contribution in [-0.2, 0) is 16.1 Å². The van der Waals surface area contributed by atoms with Crippen LogP contribution < -0.4 is 4.72 Å². The highest BCUT2D eigenvalue weighted by Crippen LogP contribution is 2.08. The molecule has 1 heterocycles. The molecule has 0 spiro atoms. The van der Waals surface area contributed by atoms with Crippen LogP contribution in [0.25, 0.3) is 0 Å². The number of carbonyl (C=O) groups is 1. The number of nitrogens with one attached hydrogen (secondary N) is 1. The van der Waals surface area contributed by atoms with E-state index in [1.165, 1.54) is 7.11 Å². The van der Waals surface area contributed by atoms with Gasteiger partial charge in [-0.2, -0.15) is 0 Å². The predicted molar refractivity (Wildman–Crippen MR) is 54.6 cm³/mol. The van der Waals surface area contributed by atoms with E-state index < -0.39 is 17.5 Å². The molecule has 1 aromatic heterocycles. The average molecular weight is 231 g/mol. The zero-order chi connectivity index (χ0) is 11.4. The Bertz CT molecular complexity index is 340. The highest BCUT2D eigenvalue weighted by molar-refractivity contribution is 7.90. The van der Waals surface area contributed by atoms with Gasteiger partial charge in [-0.1, -0.05) is 0 Å². The van der Waals surface area contributed by atoms with Crippen LogP contribution in [0.1, 0.15) is 19.9 Å². The van der Waals surface area contributed by atoms with E-state index in [-0.39, 0.29) is 6.04 Å². The molecule has 1 atom stereocenters. The summed E-state index contributed by atoms with van der Waals surface area (Å²) >= 11 is -1.67. The van der Waals surface area contributed by atoms with Crippen LogP contribution in [-0.4, -0.2) is 27.5 Å². The van der Waals surface area contributed by atoms with Crippen molar-refractivity contribution in [2.75, 3.05) is 7.11 Å². The van der Waals surface area contributed by atoms with Gasteiger partial charge in [0.1, 0.15) is 11.4 Å². The van der Waals surface area contributed by atoms with Gasteiger partial charge in [-0.3, -0.25) is 4.68 Å². The number of methoxy groups -OCH3 is 1. The van der Waals surface area contributed by atoms with Gasteiger partial charge in [0.15, 0.2) is 0 Å². The molecule has 1 rings (SSSR count). The molecule has 1 aromatic rings. The van der Waals surface area contributed by atoms with Gasteiger partial charge in [-0.25, -0.2) is 4.79 Å². The number of rotatable bonds is 3. The maximum Gasteiger partial charge on any atom is 0.449 e. The van der Waals surface area contributed by atoms with Crippen LogP contribution in [0, 0.1) is 0 Å². The summed E-state index contributed by atoms with van der Waals surface area (Å²) in [5.41, 5.74) is 0. The Morgan fingerprint density at radius 3 is 2.87 bits per heavy atom. The minimum Gasteiger partial charge on any atom is -0.586 e. The van der Waals surface area contributed by atoms with Crippen molar-refractivity contribution in [2.24, 2.45) is 0 Å². The molecule has 0 aliphatic heterocycles.